The van der Waals surface area contributed by atoms with Gasteiger partial charge in [-0.2, -0.15) is 0 Å². The van der Waals surface area contributed by atoms with Gasteiger partial charge in [0, 0.05) is 29.9 Å². The van der Waals surface area contributed by atoms with E-state index >= 15 is 0 Å². The number of carbonyl (C=O) groups excluding carboxylic acids is 1. The maximum absolute atomic E-state index is 13.8. The van der Waals surface area contributed by atoms with E-state index in [0.29, 0.717) is 34.4 Å². The Hall–Kier alpha value is -3.83. The fourth-order valence-corrected chi connectivity index (χ4v) is 3.58. The number of amides is 1. The summed E-state index contributed by atoms with van der Waals surface area (Å²) in [5.74, 6) is 4.12. The average Bonchev–Trinajstić information content (AvgIpc) is 2.75. The van der Waals surface area contributed by atoms with E-state index in [2.05, 4.69) is 22.1 Å². The van der Waals surface area contributed by atoms with Gasteiger partial charge < -0.3 is 15.0 Å². The number of hydrogen-bond acceptors (Lipinski definition) is 4. The standard InChI is InChI=1S/C26H26F2N4O2/c1-16-21(7-8-24(29)32(16)4)22-6-5-20(9-10-26(2,3)34)31-25(22)23(30-15-33)13-17-11-18(27)14-19(28)12-17/h5-8,11-12,14-15,23,29,34H,13H2,1-4H3,(H,30,33). The van der Waals surface area contributed by atoms with Crippen molar-refractivity contribution in [3.05, 3.63) is 82.2 Å². The zero-order valence-corrected chi connectivity index (χ0v) is 19.4. The van der Waals surface area contributed by atoms with Gasteiger partial charge in [-0.05, 0) is 75.1 Å². The van der Waals surface area contributed by atoms with Crippen LogP contribution in [0.25, 0.3) is 11.1 Å². The van der Waals surface area contributed by atoms with Crippen LogP contribution < -0.4 is 10.8 Å². The molecule has 34 heavy (non-hydrogen) atoms. The Balaban J connectivity index is 2.21. The molecular weight excluding hydrogens is 438 g/mol. The normalized spacial score (nSPS) is 12.0. The number of aliphatic hydroxyl groups is 1. The van der Waals surface area contributed by atoms with Gasteiger partial charge in [0.1, 0.15) is 28.4 Å². The number of pyridine rings is 2. The van der Waals surface area contributed by atoms with E-state index < -0.39 is 23.3 Å². The lowest BCUT2D eigenvalue weighted by molar-refractivity contribution is -0.110. The molecule has 0 fully saturated rings. The molecule has 0 saturated carbocycles. The molecule has 2 aromatic heterocycles. The SMILES string of the molecule is Cc1c(-c2ccc(C#CC(C)(C)O)nc2C(Cc2cc(F)cc(F)c2)NC=O)ccc(=N)n1C. The lowest BCUT2D eigenvalue weighted by Gasteiger charge is -2.21. The quantitative estimate of drug-likeness (QED) is 0.386. The molecule has 0 saturated heterocycles. The molecule has 2 heterocycles. The summed E-state index contributed by atoms with van der Waals surface area (Å²) in [4.78, 5) is 16.1. The molecule has 1 atom stereocenters. The summed E-state index contributed by atoms with van der Waals surface area (Å²) >= 11 is 0. The highest BCUT2D eigenvalue weighted by atomic mass is 19.1. The third-order valence-electron chi connectivity index (χ3n) is 5.33. The van der Waals surface area contributed by atoms with Crippen LogP contribution in [0.4, 0.5) is 8.78 Å². The van der Waals surface area contributed by atoms with Crippen molar-refractivity contribution in [1.29, 1.82) is 5.41 Å². The second-order valence-corrected chi connectivity index (χ2v) is 8.53. The summed E-state index contributed by atoms with van der Waals surface area (Å²) < 4.78 is 29.3. The van der Waals surface area contributed by atoms with Crippen molar-refractivity contribution in [3.8, 4) is 23.0 Å². The first-order valence-electron chi connectivity index (χ1n) is 10.6. The molecule has 3 rings (SSSR count). The minimum atomic E-state index is -1.23. The molecule has 8 heteroatoms. The number of hydrogen-bond donors (Lipinski definition) is 3. The number of nitrogens with one attached hydrogen (secondary N) is 2. The van der Waals surface area contributed by atoms with Crippen LogP contribution in [0.2, 0.25) is 0 Å². The summed E-state index contributed by atoms with van der Waals surface area (Å²) in [5, 5.41) is 20.7. The Kier molecular flexibility index (Phi) is 7.28. The van der Waals surface area contributed by atoms with E-state index in [4.69, 9.17) is 5.41 Å². The van der Waals surface area contributed by atoms with Crippen molar-refractivity contribution in [3.63, 3.8) is 0 Å². The Morgan fingerprint density at radius 3 is 2.44 bits per heavy atom. The Morgan fingerprint density at radius 1 is 1.18 bits per heavy atom. The van der Waals surface area contributed by atoms with Crippen LogP contribution in [-0.2, 0) is 18.3 Å². The molecule has 176 valence electrons. The van der Waals surface area contributed by atoms with Gasteiger partial charge in [0.15, 0.2) is 0 Å². The Bertz CT molecular complexity index is 1330. The lowest BCUT2D eigenvalue weighted by Crippen LogP contribution is -2.25. The van der Waals surface area contributed by atoms with E-state index in [1.165, 1.54) is 12.1 Å². The Morgan fingerprint density at radius 2 is 1.82 bits per heavy atom. The van der Waals surface area contributed by atoms with Crippen LogP contribution in [0, 0.1) is 35.8 Å². The maximum atomic E-state index is 13.8. The molecule has 3 aromatic rings. The molecular formula is C26H26F2N4O2. The highest BCUT2D eigenvalue weighted by molar-refractivity contribution is 5.70. The van der Waals surface area contributed by atoms with Gasteiger partial charge in [0.05, 0.1) is 11.7 Å². The summed E-state index contributed by atoms with van der Waals surface area (Å²) in [6.07, 6.45) is 0.595. The second kappa shape index (κ2) is 9.98. The van der Waals surface area contributed by atoms with Gasteiger partial charge in [0.25, 0.3) is 0 Å². The van der Waals surface area contributed by atoms with Gasteiger partial charge in [-0.25, -0.2) is 13.8 Å². The summed E-state index contributed by atoms with van der Waals surface area (Å²) in [6, 6.07) is 9.42. The third kappa shape index (κ3) is 5.94. The molecule has 0 aliphatic heterocycles. The van der Waals surface area contributed by atoms with Crippen molar-refractivity contribution in [2.45, 2.75) is 38.8 Å². The minimum absolute atomic E-state index is 0.0808. The fourth-order valence-electron chi connectivity index (χ4n) is 3.58. The monoisotopic (exact) mass is 464 g/mol. The van der Waals surface area contributed by atoms with Gasteiger partial charge >= 0.3 is 0 Å². The van der Waals surface area contributed by atoms with Crippen LogP contribution in [0.5, 0.6) is 0 Å². The molecule has 3 N–H and O–H groups in total. The third-order valence-corrected chi connectivity index (χ3v) is 5.33. The largest absolute Gasteiger partial charge is 0.378 e. The smallest absolute Gasteiger partial charge is 0.207 e. The number of benzene rings is 1. The van der Waals surface area contributed by atoms with Crippen LogP contribution in [0.1, 0.15) is 42.5 Å². The van der Waals surface area contributed by atoms with Crippen LogP contribution in [0.15, 0.2) is 42.5 Å². The summed E-state index contributed by atoms with van der Waals surface area (Å²) in [6.45, 7) is 4.97. The number of carbonyl (C=O) groups is 1. The van der Waals surface area contributed by atoms with Crippen molar-refractivity contribution in [2.24, 2.45) is 7.05 Å². The predicted molar refractivity (Wildman–Crippen MR) is 124 cm³/mol. The minimum Gasteiger partial charge on any atom is -0.378 e. The lowest BCUT2D eigenvalue weighted by atomic mass is 9.94. The summed E-state index contributed by atoms with van der Waals surface area (Å²) in [5.41, 5.74) is 2.51. The van der Waals surface area contributed by atoms with Crippen molar-refractivity contribution in [1.82, 2.24) is 14.9 Å². The maximum Gasteiger partial charge on any atom is 0.207 e. The number of aromatic nitrogens is 2. The number of nitrogens with zero attached hydrogens (tertiary/aromatic N) is 2. The highest BCUT2D eigenvalue weighted by Gasteiger charge is 2.21. The predicted octanol–water partition coefficient (Wildman–Crippen LogP) is 3.31. The van der Waals surface area contributed by atoms with Crippen molar-refractivity contribution < 1.29 is 18.7 Å². The zero-order chi connectivity index (χ0) is 25.0. The van der Waals surface area contributed by atoms with Gasteiger partial charge in [-0.1, -0.05) is 5.92 Å². The van der Waals surface area contributed by atoms with Crippen molar-refractivity contribution in [2.75, 3.05) is 0 Å². The molecule has 0 radical (unpaired) electrons. The Labute approximate surface area is 196 Å². The first kappa shape index (κ1) is 24.8. The number of rotatable bonds is 6. The van der Waals surface area contributed by atoms with Gasteiger partial charge in [-0.3, -0.25) is 10.2 Å². The topological polar surface area (TPSA) is 91.0 Å². The van der Waals surface area contributed by atoms with Crippen molar-refractivity contribution >= 4 is 6.41 Å². The summed E-state index contributed by atoms with van der Waals surface area (Å²) in [7, 11) is 1.77. The second-order valence-electron chi connectivity index (χ2n) is 8.53. The van der Waals surface area contributed by atoms with E-state index in [9.17, 15) is 18.7 Å². The number of halogens is 2. The molecule has 0 aliphatic carbocycles. The average molecular weight is 465 g/mol. The van der Waals surface area contributed by atoms with Gasteiger partial charge in [0.2, 0.25) is 6.41 Å². The first-order valence-corrected chi connectivity index (χ1v) is 10.6. The molecule has 6 nitrogen and oxygen atoms in total. The van der Waals surface area contributed by atoms with Crippen LogP contribution in [0.3, 0.4) is 0 Å². The van der Waals surface area contributed by atoms with Crippen LogP contribution in [-0.4, -0.2) is 26.7 Å². The molecule has 0 spiro atoms. The molecule has 1 unspecified atom stereocenters. The van der Waals surface area contributed by atoms with E-state index in [-0.39, 0.29) is 6.42 Å². The van der Waals surface area contributed by atoms with Crippen LogP contribution >= 0.6 is 0 Å². The molecule has 1 aromatic carbocycles. The van der Waals surface area contributed by atoms with E-state index in [1.54, 1.807) is 49.7 Å². The molecule has 1 amide bonds. The first-order chi connectivity index (χ1) is 16.0. The molecule has 0 aliphatic rings. The molecule has 0 bridgehead atoms. The van der Waals surface area contributed by atoms with Gasteiger partial charge in [-0.15, -0.1) is 0 Å². The van der Waals surface area contributed by atoms with E-state index in [0.717, 1.165) is 17.3 Å². The highest BCUT2D eigenvalue weighted by Crippen LogP contribution is 2.31. The zero-order valence-electron chi connectivity index (χ0n) is 19.4. The fraction of sp³-hybridized carbons (Fsp3) is 0.269. The van der Waals surface area contributed by atoms with E-state index in [1.807, 2.05) is 6.92 Å².